The number of hydrogen-bond donors (Lipinski definition) is 0. The molecule has 1 saturated heterocycles. The maximum Gasteiger partial charge on any atom is 0.328 e. The Morgan fingerprint density at radius 2 is 1.90 bits per heavy atom. The summed E-state index contributed by atoms with van der Waals surface area (Å²) in [5.41, 5.74) is 2.61. The van der Waals surface area contributed by atoms with Gasteiger partial charge in [-0.1, -0.05) is 35.3 Å². The molecule has 2 atom stereocenters. The number of nitrogens with zero attached hydrogens (tertiary/aromatic N) is 5. The number of halogens is 2. The monoisotopic (exact) mass is 433 g/mol. The number of carbonyl (C=O) groups is 2. The van der Waals surface area contributed by atoms with Crippen LogP contribution in [0.15, 0.2) is 47.2 Å². The molecule has 1 aromatic carbocycles. The zero-order valence-electron chi connectivity index (χ0n) is 16.4. The number of urea groups is 1. The number of carbonyl (C=O) groups excluding carboxylic acids is 2. The van der Waals surface area contributed by atoms with Gasteiger partial charge in [-0.3, -0.25) is 14.6 Å². The largest absolute Gasteiger partial charge is 0.328 e. The second-order valence-corrected chi connectivity index (χ2v) is 8.12. The fourth-order valence-electron chi connectivity index (χ4n) is 3.99. The van der Waals surface area contributed by atoms with Crippen LogP contribution in [0.1, 0.15) is 19.4 Å². The van der Waals surface area contributed by atoms with Crippen molar-refractivity contribution in [2.75, 3.05) is 13.6 Å². The van der Waals surface area contributed by atoms with Crippen LogP contribution in [-0.4, -0.2) is 63.3 Å². The maximum absolute atomic E-state index is 13.4. The van der Waals surface area contributed by atoms with Crippen LogP contribution in [0.2, 0.25) is 10.0 Å². The van der Waals surface area contributed by atoms with Crippen molar-refractivity contribution < 1.29 is 9.59 Å². The molecule has 0 radical (unpaired) electrons. The van der Waals surface area contributed by atoms with Crippen LogP contribution in [0.4, 0.5) is 4.79 Å². The summed E-state index contributed by atoms with van der Waals surface area (Å²) in [6.45, 7) is 8.40. The quantitative estimate of drug-likeness (QED) is 0.681. The van der Waals surface area contributed by atoms with Gasteiger partial charge < -0.3 is 9.80 Å². The molecule has 9 heteroatoms. The van der Waals surface area contributed by atoms with Gasteiger partial charge in [-0.2, -0.15) is 0 Å². The highest BCUT2D eigenvalue weighted by atomic mass is 35.5. The number of allylic oxidation sites excluding steroid dienone is 2. The molecule has 0 bridgehead atoms. The van der Waals surface area contributed by atoms with Crippen molar-refractivity contribution in [2.24, 2.45) is 4.99 Å². The molecule has 3 amide bonds. The SMILES string of the molecule is C=CCN1C2=NC3C(C(=O)N(Cc4ccc(Cl)cc4Cl)C(=O)N3C)N2C(C)=C1C. The van der Waals surface area contributed by atoms with Crippen molar-refractivity contribution in [2.45, 2.75) is 32.6 Å². The van der Waals surface area contributed by atoms with Gasteiger partial charge in [-0.05, 0) is 31.5 Å². The lowest BCUT2D eigenvalue weighted by atomic mass is 10.1. The highest BCUT2D eigenvalue weighted by Crippen LogP contribution is 2.38. The van der Waals surface area contributed by atoms with Gasteiger partial charge in [0.05, 0.1) is 6.54 Å². The molecule has 152 valence electrons. The fourth-order valence-corrected chi connectivity index (χ4v) is 4.46. The second kappa shape index (κ2) is 7.07. The van der Waals surface area contributed by atoms with E-state index in [0.717, 1.165) is 11.4 Å². The first-order valence-electron chi connectivity index (χ1n) is 9.21. The summed E-state index contributed by atoms with van der Waals surface area (Å²) in [5, 5.41) is 0.910. The number of aliphatic imine (C=N–C) groups is 1. The predicted molar refractivity (Wildman–Crippen MR) is 112 cm³/mol. The zero-order chi connectivity index (χ0) is 21.0. The molecule has 2 unspecified atom stereocenters. The van der Waals surface area contributed by atoms with Gasteiger partial charge in [0.1, 0.15) is 0 Å². The van der Waals surface area contributed by atoms with Crippen molar-refractivity contribution in [3.8, 4) is 0 Å². The molecule has 3 aliphatic rings. The molecule has 7 nitrogen and oxygen atoms in total. The molecule has 4 rings (SSSR count). The first-order chi connectivity index (χ1) is 13.8. The van der Waals surface area contributed by atoms with Crippen molar-refractivity contribution in [1.82, 2.24) is 19.6 Å². The average Bonchev–Trinajstić information content (AvgIpc) is 3.17. The third-order valence-corrected chi connectivity index (χ3v) is 6.25. The Kier molecular flexibility index (Phi) is 4.83. The molecular weight excluding hydrogens is 413 g/mol. The fraction of sp³-hybridized carbons (Fsp3) is 0.350. The maximum atomic E-state index is 13.4. The molecule has 1 aromatic rings. The third kappa shape index (κ3) is 2.91. The summed E-state index contributed by atoms with van der Waals surface area (Å²) in [5.74, 6) is 0.379. The van der Waals surface area contributed by atoms with Crippen molar-refractivity contribution >= 4 is 41.1 Å². The summed E-state index contributed by atoms with van der Waals surface area (Å²) < 4.78 is 0. The molecule has 0 saturated carbocycles. The topological polar surface area (TPSA) is 59.5 Å². The van der Waals surface area contributed by atoms with Crippen LogP contribution in [0.3, 0.4) is 0 Å². The number of hydrogen-bond acceptors (Lipinski definition) is 5. The molecule has 1 fully saturated rings. The molecule has 0 aromatic heterocycles. The summed E-state index contributed by atoms with van der Waals surface area (Å²) in [6.07, 6.45) is 1.22. The minimum Gasteiger partial charge on any atom is -0.311 e. The Hall–Kier alpha value is -2.51. The van der Waals surface area contributed by atoms with Crippen molar-refractivity contribution in [3.63, 3.8) is 0 Å². The number of rotatable bonds is 4. The standard InChI is InChI=1S/C20H21Cl2N5O2/c1-5-8-25-11(2)12(3)27-16-17(23-19(25)27)24(4)20(29)26(18(16)28)10-13-6-7-14(21)9-15(13)22/h5-7,9,16-17H,1,8,10H2,2-4H3. The third-order valence-electron chi connectivity index (χ3n) is 5.66. The number of imide groups is 1. The van der Waals surface area contributed by atoms with Crippen LogP contribution >= 0.6 is 23.2 Å². The van der Waals surface area contributed by atoms with E-state index in [9.17, 15) is 9.59 Å². The minimum absolute atomic E-state index is 0.0719. The van der Waals surface area contributed by atoms with E-state index in [1.807, 2.05) is 23.6 Å². The Morgan fingerprint density at radius 3 is 2.55 bits per heavy atom. The van der Waals surface area contributed by atoms with E-state index < -0.39 is 18.2 Å². The summed E-state index contributed by atoms with van der Waals surface area (Å²) in [4.78, 5) is 37.8. The summed E-state index contributed by atoms with van der Waals surface area (Å²) in [6, 6.07) is 4.01. The van der Waals surface area contributed by atoms with Crippen LogP contribution in [0.5, 0.6) is 0 Å². The molecule has 29 heavy (non-hydrogen) atoms. The number of fused-ring (bicyclic) bond motifs is 3. The lowest BCUT2D eigenvalue weighted by Crippen LogP contribution is -2.64. The van der Waals surface area contributed by atoms with Crippen LogP contribution in [0, 0.1) is 0 Å². The van der Waals surface area contributed by atoms with E-state index >= 15 is 0 Å². The second-order valence-electron chi connectivity index (χ2n) is 7.28. The van der Waals surface area contributed by atoms with E-state index in [-0.39, 0.29) is 12.5 Å². The Morgan fingerprint density at radius 1 is 1.17 bits per heavy atom. The van der Waals surface area contributed by atoms with Gasteiger partial charge in [0.2, 0.25) is 5.96 Å². The van der Waals surface area contributed by atoms with Gasteiger partial charge in [0.15, 0.2) is 12.2 Å². The highest BCUT2D eigenvalue weighted by molar-refractivity contribution is 6.35. The van der Waals surface area contributed by atoms with Crippen LogP contribution in [-0.2, 0) is 11.3 Å². The van der Waals surface area contributed by atoms with Gasteiger partial charge >= 0.3 is 6.03 Å². The molecule has 0 N–H and O–H groups in total. The van der Waals surface area contributed by atoms with E-state index in [1.54, 1.807) is 31.3 Å². The Balaban J connectivity index is 1.69. The number of likely N-dealkylation sites (N-methyl/N-ethyl adjacent to an activating group) is 1. The van der Waals surface area contributed by atoms with Gasteiger partial charge in [0.25, 0.3) is 5.91 Å². The number of benzene rings is 1. The van der Waals surface area contributed by atoms with Crippen molar-refractivity contribution in [1.29, 1.82) is 0 Å². The first-order valence-corrected chi connectivity index (χ1v) is 9.97. The lowest BCUT2D eigenvalue weighted by molar-refractivity contribution is -0.137. The lowest BCUT2D eigenvalue weighted by Gasteiger charge is -2.40. The Bertz CT molecular complexity index is 989. The molecule has 0 aliphatic carbocycles. The smallest absolute Gasteiger partial charge is 0.311 e. The van der Waals surface area contributed by atoms with Crippen LogP contribution < -0.4 is 0 Å². The van der Waals surface area contributed by atoms with E-state index in [0.29, 0.717) is 28.1 Å². The normalized spacial score (nSPS) is 23.7. The summed E-state index contributed by atoms with van der Waals surface area (Å²) >= 11 is 12.2. The zero-order valence-corrected chi connectivity index (χ0v) is 17.9. The summed E-state index contributed by atoms with van der Waals surface area (Å²) in [7, 11) is 1.67. The van der Waals surface area contributed by atoms with Gasteiger partial charge in [0, 0.05) is 35.0 Å². The van der Waals surface area contributed by atoms with Crippen LogP contribution in [0.25, 0.3) is 0 Å². The molecule has 3 aliphatic heterocycles. The molecule has 3 heterocycles. The minimum atomic E-state index is -0.608. The van der Waals surface area contributed by atoms with Crippen molar-refractivity contribution in [3.05, 3.63) is 57.9 Å². The van der Waals surface area contributed by atoms with Gasteiger partial charge in [-0.25, -0.2) is 9.79 Å². The molecule has 0 spiro atoms. The van der Waals surface area contributed by atoms with E-state index in [2.05, 4.69) is 6.58 Å². The molecular formula is C20H21Cl2N5O2. The van der Waals surface area contributed by atoms with Gasteiger partial charge in [-0.15, -0.1) is 6.58 Å². The van der Waals surface area contributed by atoms with E-state index in [1.165, 1.54) is 9.80 Å². The predicted octanol–water partition coefficient (Wildman–Crippen LogP) is 3.51. The first kappa shape index (κ1) is 19.8. The number of amides is 3. The average molecular weight is 434 g/mol. The highest BCUT2D eigenvalue weighted by Gasteiger charge is 2.55. The number of guanidine groups is 1. The van der Waals surface area contributed by atoms with E-state index in [4.69, 9.17) is 28.2 Å². The Labute approximate surface area is 179 Å².